The van der Waals surface area contributed by atoms with Crippen molar-refractivity contribution in [3.05, 3.63) is 34.9 Å². The highest BCUT2D eigenvalue weighted by Gasteiger charge is 2.15. The van der Waals surface area contributed by atoms with Gasteiger partial charge in [-0.3, -0.25) is 0 Å². The average molecular weight is 222 g/mol. The van der Waals surface area contributed by atoms with E-state index in [1.807, 2.05) is 20.8 Å². The maximum Gasteiger partial charge on any atom is 0.0839 e. The van der Waals surface area contributed by atoms with Gasteiger partial charge in [-0.05, 0) is 25.8 Å². The van der Waals surface area contributed by atoms with Crippen LogP contribution in [-0.4, -0.2) is 22.4 Å². The number of rotatable bonds is 5. The third-order valence-electron chi connectivity index (χ3n) is 2.75. The van der Waals surface area contributed by atoms with Crippen molar-refractivity contribution in [3.8, 4) is 0 Å². The van der Waals surface area contributed by atoms with Crippen molar-refractivity contribution in [2.24, 2.45) is 0 Å². The standard InChI is InChI=1S/C14H22O2/c1-4-5-13(15)14(16)9-12-7-10(2)6-11(3)8-12/h6-8,13-16H,4-5,9H2,1-3H3. The molecule has 0 radical (unpaired) electrons. The molecule has 0 aliphatic heterocycles. The first-order valence-corrected chi connectivity index (χ1v) is 5.96. The number of hydrogen-bond acceptors (Lipinski definition) is 2. The molecular weight excluding hydrogens is 200 g/mol. The van der Waals surface area contributed by atoms with Crippen LogP contribution in [0.5, 0.6) is 0 Å². The molecule has 1 aromatic rings. The summed E-state index contributed by atoms with van der Waals surface area (Å²) in [5, 5.41) is 19.5. The zero-order valence-corrected chi connectivity index (χ0v) is 10.4. The SMILES string of the molecule is CCCC(O)C(O)Cc1cc(C)cc(C)c1. The van der Waals surface area contributed by atoms with Gasteiger partial charge in [-0.1, -0.05) is 42.7 Å². The highest BCUT2D eigenvalue weighted by molar-refractivity contribution is 5.29. The topological polar surface area (TPSA) is 40.5 Å². The highest BCUT2D eigenvalue weighted by Crippen LogP contribution is 2.13. The maximum absolute atomic E-state index is 9.83. The molecule has 0 amide bonds. The molecular formula is C14H22O2. The van der Waals surface area contributed by atoms with E-state index >= 15 is 0 Å². The van der Waals surface area contributed by atoms with Crippen LogP contribution < -0.4 is 0 Å². The Morgan fingerprint density at radius 3 is 2.06 bits per heavy atom. The van der Waals surface area contributed by atoms with Gasteiger partial charge in [-0.25, -0.2) is 0 Å². The Morgan fingerprint density at radius 1 is 1.00 bits per heavy atom. The van der Waals surface area contributed by atoms with Crippen molar-refractivity contribution in [1.29, 1.82) is 0 Å². The molecule has 2 heteroatoms. The van der Waals surface area contributed by atoms with Gasteiger partial charge in [0, 0.05) is 6.42 Å². The first kappa shape index (κ1) is 13.2. The van der Waals surface area contributed by atoms with Gasteiger partial charge in [0.25, 0.3) is 0 Å². The summed E-state index contributed by atoms with van der Waals surface area (Å²) in [5.41, 5.74) is 3.50. The van der Waals surface area contributed by atoms with Gasteiger partial charge in [0.1, 0.15) is 0 Å². The quantitative estimate of drug-likeness (QED) is 0.803. The summed E-state index contributed by atoms with van der Waals surface area (Å²) < 4.78 is 0. The second-order valence-corrected chi connectivity index (χ2v) is 4.62. The van der Waals surface area contributed by atoms with E-state index in [-0.39, 0.29) is 0 Å². The zero-order valence-electron chi connectivity index (χ0n) is 10.4. The van der Waals surface area contributed by atoms with Crippen LogP contribution >= 0.6 is 0 Å². The summed E-state index contributed by atoms with van der Waals surface area (Å²) >= 11 is 0. The number of aliphatic hydroxyl groups excluding tert-OH is 2. The fraction of sp³-hybridized carbons (Fsp3) is 0.571. The summed E-state index contributed by atoms with van der Waals surface area (Å²) in [4.78, 5) is 0. The van der Waals surface area contributed by atoms with Crippen LogP contribution in [0, 0.1) is 13.8 Å². The average Bonchev–Trinajstić information content (AvgIpc) is 2.16. The maximum atomic E-state index is 9.83. The van der Waals surface area contributed by atoms with Gasteiger partial charge >= 0.3 is 0 Å². The summed E-state index contributed by atoms with van der Waals surface area (Å²) in [6.45, 7) is 6.10. The van der Waals surface area contributed by atoms with E-state index in [1.165, 1.54) is 11.1 Å². The minimum atomic E-state index is -0.652. The summed E-state index contributed by atoms with van der Waals surface area (Å²) in [5.74, 6) is 0. The van der Waals surface area contributed by atoms with Crippen molar-refractivity contribution in [2.45, 2.75) is 52.2 Å². The van der Waals surface area contributed by atoms with Crippen molar-refractivity contribution >= 4 is 0 Å². The van der Waals surface area contributed by atoms with Gasteiger partial charge in [-0.15, -0.1) is 0 Å². The molecule has 0 spiro atoms. The number of aliphatic hydroxyl groups is 2. The van der Waals surface area contributed by atoms with E-state index in [4.69, 9.17) is 0 Å². The molecule has 2 unspecified atom stereocenters. The van der Waals surface area contributed by atoms with Gasteiger partial charge in [0.15, 0.2) is 0 Å². The monoisotopic (exact) mass is 222 g/mol. The molecule has 0 saturated carbocycles. The Bertz CT molecular complexity index is 313. The summed E-state index contributed by atoms with van der Waals surface area (Å²) in [6, 6.07) is 6.24. The van der Waals surface area contributed by atoms with E-state index < -0.39 is 12.2 Å². The molecule has 0 aliphatic carbocycles. The lowest BCUT2D eigenvalue weighted by Crippen LogP contribution is -2.27. The lowest BCUT2D eigenvalue weighted by molar-refractivity contribution is 0.0148. The molecule has 0 aliphatic rings. The van der Waals surface area contributed by atoms with Crippen LogP contribution in [0.1, 0.15) is 36.5 Å². The van der Waals surface area contributed by atoms with E-state index in [9.17, 15) is 10.2 Å². The van der Waals surface area contributed by atoms with Crippen LogP contribution in [0.15, 0.2) is 18.2 Å². The molecule has 2 nitrogen and oxygen atoms in total. The van der Waals surface area contributed by atoms with Crippen LogP contribution in [0.4, 0.5) is 0 Å². The van der Waals surface area contributed by atoms with Gasteiger partial charge < -0.3 is 10.2 Å². The van der Waals surface area contributed by atoms with E-state index in [0.717, 1.165) is 12.0 Å². The Morgan fingerprint density at radius 2 is 1.56 bits per heavy atom. The van der Waals surface area contributed by atoms with Gasteiger partial charge in [0.2, 0.25) is 0 Å². The largest absolute Gasteiger partial charge is 0.390 e. The Hall–Kier alpha value is -0.860. The smallest absolute Gasteiger partial charge is 0.0839 e. The van der Waals surface area contributed by atoms with Crippen LogP contribution in [0.3, 0.4) is 0 Å². The molecule has 1 aromatic carbocycles. The van der Waals surface area contributed by atoms with E-state index in [0.29, 0.717) is 12.8 Å². The molecule has 0 bridgehead atoms. The highest BCUT2D eigenvalue weighted by atomic mass is 16.3. The molecule has 0 saturated heterocycles. The van der Waals surface area contributed by atoms with Crippen molar-refractivity contribution in [2.75, 3.05) is 0 Å². The Labute approximate surface area is 97.9 Å². The normalized spacial score (nSPS) is 14.8. The predicted molar refractivity (Wildman–Crippen MR) is 66.5 cm³/mol. The molecule has 0 heterocycles. The first-order chi connectivity index (χ1) is 7.52. The van der Waals surface area contributed by atoms with Crippen molar-refractivity contribution in [1.82, 2.24) is 0 Å². The minimum Gasteiger partial charge on any atom is -0.390 e. The molecule has 90 valence electrons. The van der Waals surface area contributed by atoms with Crippen LogP contribution in [0.25, 0.3) is 0 Å². The van der Waals surface area contributed by atoms with Gasteiger partial charge in [0.05, 0.1) is 12.2 Å². The molecule has 0 aromatic heterocycles. The predicted octanol–water partition coefficient (Wildman–Crippen LogP) is 2.37. The van der Waals surface area contributed by atoms with Crippen molar-refractivity contribution < 1.29 is 10.2 Å². The number of hydrogen-bond donors (Lipinski definition) is 2. The number of benzene rings is 1. The van der Waals surface area contributed by atoms with E-state index in [1.54, 1.807) is 0 Å². The number of aryl methyl sites for hydroxylation is 2. The second-order valence-electron chi connectivity index (χ2n) is 4.62. The second kappa shape index (κ2) is 6.02. The van der Waals surface area contributed by atoms with Gasteiger partial charge in [-0.2, -0.15) is 0 Å². The fourth-order valence-corrected chi connectivity index (χ4v) is 2.05. The summed E-state index contributed by atoms with van der Waals surface area (Å²) in [7, 11) is 0. The first-order valence-electron chi connectivity index (χ1n) is 5.96. The van der Waals surface area contributed by atoms with Crippen LogP contribution in [0.2, 0.25) is 0 Å². The van der Waals surface area contributed by atoms with Crippen molar-refractivity contribution in [3.63, 3.8) is 0 Å². The molecule has 16 heavy (non-hydrogen) atoms. The minimum absolute atomic E-state index is 0.531. The molecule has 2 N–H and O–H groups in total. The molecule has 1 rings (SSSR count). The lowest BCUT2D eigenvalue weighted by atomic mass is 9.98. The third kappa shape index (κ3) is 3.95. The molecule has 0 fully saturated rings. The Balaban J connectivity index is 2.65. The zero-order chi connectivity index (χ0) is 12.1. The van der Waals surface area contributed by atoms with E-state index in [2.05, 4.69) is 18.2 Å². The third-order valence-corrected chi connectivity index (χ3v) is 2.75. The fourth-order valence-electron chi connectivity index (χ4n) is 2.05. The van der Waals surface area contributed by atoms with Crippen LogP contribution in [-0.2, 0) is 6.42 Å². The summed E-state index contributed by atoms with van der Waals surface area (Å²) in [6.07, 6.45) is 0.827. The lowest BCUT2D eigenvalue weighted by Gasteiger charge is -2.17. The Kier molecular flexibility index (Phi) is 4.97. The molecule has 2 atom stereocenters.